The summed E-state index contributed by atoms with van der Waals surface area (Å²) in [4.78, 5) is 21.5. The van der Waals surface area contributed by atoms with Gasteiger partial charge in [0.1, 0.15) is 11.4 Å². The number of carbonyl (C=O) groups is 1. The monoisotopic (exact) mass is 383 g/mol. The normalized spacial score (nSPS) is 21.6. The Kier molecular flexibility index (Phi) is 4.52. The number of anilines is 1. The van der Waals surface area contributed by atoms with Gasteiger partial charge in [0.05, 0.1) is 37.3 Å². The van der Waals surface area contributed by atoms with Crippen LogP contribution in [0.25, 0.3) is 0 Å². The number of piperidine rings is 1. The fraction of sp³-hybridized carbons (Fsp3) is 0.550. The largest absolute Gasteiger partial charge is 0.378 e. The van der Waals surface area contributed by atoms with E-state index < -0.39 is 0 Å². The van der Waals surface area contributed by atoms with Crippen LogP contribution < -0.4 is 4.90 Å². The number of carbonyl (C=O) groups excluding carboxylic acids is 1. The number of amides is 1. The molecule has 3 aliphatic heterocycles. The van der Waals surface area contributed by atoms with Crippen molar-refractivity contribution in [2.75, 3.05) is 50.9 Å². The minimum atomic E-state index is -0.320. The minimum Gasteiger partial charge on any atom is -0.378 e. The van der Waals surface area contributed by atoms with Crippen LogP contribution in [0.15, 0.2) is 24.5 Å². The summed E-state index contributed by atoms with van der Waals surface area (Å²) < 4.78 is 11.6. The van der Waals surface area contributed by atoms with E-state index >= 15 is 0 Å². The second kappa shape index (κ2) is 7.18. The molecule has 1 amide bonds. The number of aromatic amines is 1. The number of hydrogen-bond donors (Lipinski definition) is 1. The lowest BCUT2D eigenvalue weighted by atomic mass is 9.83. The fourth-order valence-corrected chi connectivity index (χ4v) is 4.46. The average molecular weight is 383 g/mol. The van der Waals surface area contributed by atoms with Crippen molar-refractivity contribution in [3.05, 3.63) is 41.3 Å². The molecule has 2 aromatic heterocycles. The molecule has 0 aromatic carbocycles. The fourth-order valence-electron chi connectivity index (χ4n) is 4.46. The van der Waals surface area contributed by atoms with Crippen molar-refractivity contribution < 1.29 is 14.3 Å². The zero-order chi connectivity index (χ0) is 19.0. The first-order valence-corrected chi connectivity index (χ1v) is 10.00. The third-order valence-electron chi connectivity index (χ3n) is 6.11. The zero-order valence-electron chi connectivity index (χ0n) is 15.9. The highest BCUT2D eigenvalue weighted by Crippen LogP contribution is 2.40. The van der Waals surface area contributed by atoms with E-state index in [0.29, 0.717) is 25.3 Å². The molecule has 5 heterocycles. The van der Waals surface area contributed by atoms with Gasteiger partial charge in [0.15, 0.2) is 0 Å². The molecule has 8 heteroatoms. The number of hydrogen-bond acceptors (Lipinski definition) is 6. The molecule has 2 fully saturated rings. The van der Waals surface area contributed by atoms with Crippen LogP contribution in [0.4, 0.5) is 5.82 Å². The lowest BCUT2D eigenvalue weighted by Gasteiger charge is -2.43. The van der Waals surface area contributed by atoms with Crippen LogP contribution in [-0.2, 0) is 21.5 Å². The number of pyridine rings is 1. The Balaban J connectivity index is 1.25. The van der Waals surface area contributed by atoms with Crippen molar-refractivity contribution in [1.82, 2.24) is 20.1 Å². The van der Waals surface area contributed by atoms with Crippen molar-refractivity contribution in [2.24, 2.45) is 0 Å². The molecule has 8 nitrogen and oxygen atoms in total. The number of aromatic nitrogens is 3. The van der Waals surface area contributed by atoms with Crippen LogP contribution in [0.5, 0.6) is 0 Å². The van der Waals surface area contributed by atoms with Gasteiger partial charge in [-0.3, -0.25) is 9.89 Å². The number of likely N-dealkylation sites (tertiary alicyclic amines) is 1. The molecule has 5 rings (SSSR count). The van der Waals surface area contributed by atoms with E-state index in [4.69, 9.17) is 9.47 Å². The first-order valence-electron chi connectivity index (χ1n) is 10.00. The molecule has 1 N–H and O–H groups in total. The molecule has 1 spiro atoms. The summed E-state index contributed by atoms with van der Waals surface area (Å²) >= 11 is 0. The summed E-state index contributed by atoms with van der Waals surface area (Å²) in [6.45, 7) is 5.17. The first kappa shape index (κ1) is 17.6. The van der Waals surface area contributed by atoms with Crippen LogP contribution in [0.1, 0.15) is 34.5 Å². The van der Waals surface area contributed by atoms with Gasteiger partial charge in [-0.1, -0.05) is 0 Å². The molecule has 0 radical (unpaired) electrons. The van der Waals surface area contributed by atoms with Crippen LogP contribution in [0, 0.1) is 0 Å². The van der Waals surface area contributed by atoms with Crippen LogP contribution in [0.3, 0.4) is 0 Å². The SMILES string of the molecule is O=C(c1ccc(N2CCOCC2)nc1)N1CCC2(CC1)OCCc1cn[nH]c12. The van der Waals surface area contributed by atoms with E-state index in [1.165, 1.54) is 5.56 Å². The number of morpholine rings is 1. The summed E-state index contributed by atoms with van der Waals surface area (Å²) in [7, 11) is 0. The predicted octanol–water partition coefficient (Wildman–Crippen LogP) is 1.35. The lowest BCUT2D eigenvalue weighted by Crippen LogP contribution is -2.48. The standard InChI is InChI=1S/C20H25N5O3/c26-19(16-1-2-17(21-13-16)24-8-11-27-12-9-24)25-6-4-20(5-7-25)18-15(3-10-28-20)14-22-23-18/h1-2,13-14H,3-12H2,(H,22,23). The van der Waals surface area contributed by atoms with Gasteiger partial charge in [-0.2, -0.15) is 5.10 Å². The zero-order valence-corrected chi connectivity index (χ0v) is 15.9. The van der Waals surface area contributed by atoms with Gasteiger partial charge >= 0.3 is 0 Å². The van der Waals surface area contributed by atoms with Crippen LogP contribution in [0.2, 0.25) is 0 Å². The third-order valence-corrected chi connectivity index (χ3v) is 6.11. The van der Waals surface area contributed by atoms with E-state index in [-0.39, 0.29) is 11.5 Å². The predicted molar refractivity (Wildman–Crippen MR) is 102 cm³/mol. The van der Waals surface area contributed by atoms with Crippen molar-refractivity contribution >= 4 is 11.7 Å². The summed E-state index contributed by atoms with van der Waals surface area (Å²) in [5.41, 5.74) is 2.66. The second-order valence-electron chi connectivity index (χ2n) is 7.66. The van der Waals surface area contributed by atoms with Crippen LogP contribution >= 0.6 is 0 Å². The molecule has 0 saturated carbocycles. The maximum Gasteiger partial charge on any atom is 0.255 e. The van der Waals surface area contributed by atoms with Gasteiger partial charge in [0, 0.05) is 32.4 Å². The molecule has 0 aliphatic carbocycles. The third kappa shape index (κ3) is 3.06. The van der Waals surface area contributed by atoms with E-state index in [1.807, 2.05) is 23.2 Å². The maximum atomic E-state index is 12.9. The van der Waals surface area contributed by atoms with Gasteiger partial charge < -0.3 is 19.3 Å². The summed E-state index contributed by atoms with van der Waals surface area (Å²) in [6, 6.07) is 3.82. The van der Waals surface area contributed by atoms with Crippen molar-refractivity contribution in [3.63, 3.8) is 0 Å². The lowest BCUT2D eigenvalue weighted by molar-refractivity contribution is -0.0962. The van der Waals surface area contributed by atoms with Gasteiger partial charge in [-0.15, -0.1) is 0 Å². The van der Waals surface area contributed by atoms with E-state index in [9.17, 15) is 4.79 Å². The molecule has 28 heavy (non-hydrogen) atoms. The highest BCUT2D eigenvalue weighted by Gasteiger charge is 2.43. The molecule has 0 bridgehead atoms. The van der Waals surface area contributed by atoms with Crippen LogP contribution in [-0.4, -0.2) is 72.0 Å². The minimum absolute atomic E-state index is 0.0384. The molecule has 0 atom stereocenters. The molecule has 2 saturated heterocycles. The van der Waals surface area contributed by atoms with E-state index in [2.05, 4.69) is 20.1 Å². The van der Waals surface area contributed by atoms with Gasteiger partial charge in [0.2, 0.25) is 0 Å². The molecule has 0 unspecified atom stereocenters. The second-order valence-corrected chi connectivity index (χ2v) is 7.66. The van der Waals surface area contributed by atoms with Gasteiger partial charge in [-0.25, -0.2) is 4.98 Å². The Hall–Kier alpha value is -2.45. The maximum absolute atomic E-state index is 12.9. The Labute approximate surface area is 163 Å². The Morgan fingerprint density at radius 2 is 1.89 bits per heavy atom. The van der Waals surface area contributed by atoms with E-state index in [1.54, 1.807) is 6.20 Å². The average Bonchev–Trinajstić information content (AvgIpc) is 3.25. The number of rotatable bonds is 2. The smallest absolute Gasteiger partial charge is 0.255 e. The number of nitrogens with zero attached hydrogens (tertiary/aromatic N) is 4. The summed E-state index contributed by atoms with van der Waals surface area (Å²) in [5.74, 6) is 0.941. The summed E-state index contributed by atoms with van der Waals surface area (Å²) in [5, 5.41) is 7.33. The molecular weight excluding hydrogens is 358 g/mol. The Bertz CT molecular complexity index is 836. The Morgan fingerprint density at radius 3 is 2.64 bits per heavy atom. The quantitative estimate of drug-likeness (QED) is 0.843. The van der Waals surface area contributed by atoms with Gasteiger partial charge in [-0.05, 0) is 37.0 Å². The number of nitrogens with one attached hydrogen (secondary N) is 1. The number of H-pyrrole nitrogens is 1. The Morgan fingerprint density at radius 1 is 1.07 bits per heavy atom. The van der Waals surface area contributed by atoms with E-state index in [0.717, 1.165) is 57.1 Å². The molecule has 3 aliphatic rings. The molecular formula is C20H25N5O3. The van der Waals surface area contributed by atoms with Crippen molar-refractivity contribution in [1.29, 1.82) is 0 Å². The van der Waals surface area contributed by atoms with Gasteiger partial charge in [0.25, 0.3) is 5.91 Å². The molecule has 148 valence electrons. The number of ether oxygens (including phenoxy) is 2. The molecule has 2 aromatic rings. The first-order chi connectivity index (χ1) is 13.8. The highest BCUT2D eigenvalue weighted by molar-refractivity contribution is 5.94. The van der Waals surface area contributed by atoms with Crippen molar-refractivity contribution in [2.45, 2.75) is 24.9 Å². The summed E-state index contributed by atoms with van der Waals surface area (Å²) in [6.07, 6.45) is 6.07. The number of fused-ring (bicyclic) bond motifs is 2. The topological polar surface area (TPSA) is 83.6 Å². The van der Waals surface area contributed by atoms with Crippen molar-refractivity contribution in [3.8, 4) is 0 Å². The highest BCUT2D eigenvalue weighted by atomic mass is 16.5.